The predicted molar refractivity (Wildman–Crippen MR) is 204 cm³/mol. The number of likely N-dealkylation sites (tertiary alicyclic amines) is 1. The maximum absolute atomic E-state index is 13.2. The van der Waals surface area contributed by atoms with E-state index in [9.17, 15) is 9.59 Å². The molecule has 6 heteroatoms. The summed E-state index contributed by atoms with van der Waals surface area (Å²) in [7, 11) is 0. The molecule has 0 saturated carbocycles. The first-order valence-corrected chi connectivity index (χ1v) is 18.4. The van der Waals surface area contributed by atoms with Gasteiger partial charge in [0.1, 0.15) is 11.8 Å². The normalized spacial score (nSPS) is 14.8. The molecule has 1 aromatic carbocycles. The number of carbonyl (C=O) groups is 2. The zero-order valence-corrected chi connectivity index (χ0v) is 32.4. The van der Waals surface area contributed by atoms with Crippen LogP contribution in [-0.2, 0) is 4.79 Å². The van der Waals surface area contributed by atoms with Gasteiger partial charge < -0.3 is 20.3 Å². The average Bonchev–Trinajstić information content (AvgIpc) is 3.04. The fourth-order valence-corrected chi connectivity index (χ4v) is 5.42. The van der Waals surface area contributed by atoms with E-state index in [0.717, 1.165) is 88.4 Å². The van der Waals surface area contributed by atoms with Gasteiger partial charge >= 0.3 is 0 Å². The number of hydrogen-bond donors (Lipinski definition) is 1. The lowest BCUT2D eigenvalue weighted by Gasteiger charge is -2.32. The van der Waals surface area contributed by atoms with Crippen molar-refractivity contribution < 1.29 is 9.59 Å². The Morgan fingerprint density at radius 3 is 1.89 bits per heavy atom. The lowest BCUT2D eigenvalue weighted by atomic mass is 9.93. The van der Waals surface area contributed by atoms with Crippen LogP contribution in [0.4, 0.5) is 0 Å². The summed E-state index contributed by atoms with van der Waals surface area (Å²) >= 11 is 0. The number of amides is 1. The molecule has 1 aliphatic heterocycles. The van der Waals surface area contributed by atoms with E-state index in [1.165, 1.54) is 36.0 Å². The molecule has 0 aromatic heterocycles. The summed E-state index contributed by atoms with van der Waals surface area (Å²) in [6, 6.07) is 6.42. The summed E-state index contributed by atoms with van der Waals surface area (Å²) in [6.07, 6.45) is 13.2. The Morgan fingerprint density at radius 2 is 1.50 bits per heavy atom. The van der Waals surface area contributed by atoms with Gasteiger partial charge in [0, 0.05) is 37.4 Å². The van der Waals surface area contributed by atoms with Gasteiger partial charge in [-0.3, -0.25) is 9.79 Å². The minimum absolute atomic E-state index is 0.202. The largest absolute Gasteiger partial charge is 0.390 e. The van der Waals surface area contributed by atoms with E-state index in [1.807, 2.05) is 27.7 Å². The van der Waals surface area contributed by atoms with Crippen LogP contribution >= 0.6 is 0 Å². The Labute approximate surface area is 285 Å². The number of nitrogens with zero attached hydrogens (tertiary/aromatic N) is 3. The van der Waals surface area contributed by atoms with Crippen molar-refractivity contribution in [3.05, 3.63) is 41.0 Å². The standard InChI is InChI=1S/C25H40N2O.C8H16N2O.C5H12.C2H6/c1-6-10-24(26(13-7-2)14-8-3)22-17-20(5)18-23(19-22)25(28)27-15-11-21(9-4)12-16-27;1-7(2)4-8(3,5-11)10-6-9;1-4-5(2)3;1-2/h10,17-19,21H,6-9,11-16H2,1-5H3;5-7H,4H2,1-3H3,(H2,9,10);5H,4H2,1-3H3;1-2H3/b24-10-;;;. The third-order valence-electron chi connectivity index (χ3n) is 8.09. The monoisotopic (exact) mass is 643 g/mol. The molecule has 2 N–H and O–H groups in total. The fraction of sp³-hybridized carbons (Fsp3) is 0.725. The highest BCUT2D eigenvalue weighted by Crippen LogP contribution is 2.26. The van der Waals surface area contributed by atoms with E-state index in [0.29, 0.717) is 5.92 Å². The van der Waals surface area contributed by atoms with Gasteiger partial charge in [0.15, 0.2) is 0 Å². The number of nitrogens with two attached hydrogens (primary N) is 1. The smallest absolute Gasteiger partial charge is 0.253 e. The van der Waals surface area contributed by atoms with Gasteiger partial charge in [-0.25, -0.2) is 0 Å². The number of piperidine rings is 1. The summed E-state index contributed by atoms with van der Waals surface area (Å²) in [5.41, 5.74) is 8.98. The van der Waals surface area contributed by atoms with Crippen LogP contribution in [0.15, 0.2) is 29.3 Å². The third-order valence-corrected chi connectivity index (χ3v) is 8.09. The van der Waals surface area contributed by atoms with Crippen molar-refractivity contribution in [2.24, 2.45) is 28.5 Å². The number of benzene rings is 1. The minimum Gasteiger partial charge on any atom is -0.390 e. The molecule has 0 bridgehead atoms. The van der Waals surface area contributed by atoms with E-state index in [1.54, 1.807) is 6.92 Å². The van der Waals surface area contributed by atoms with Gasteiger partial charge in [-0.2, -0.15) is 0 Å². The zero-order chi connectivity index (χ0) is 35.7. The van der Waals surface area contributed by atoms with Gasteiger partial charge in [-0.15, -0.1) is 0 Å². The number of aryl methyl sites for hydroxylation is 1. The Morgan fingerprint density at radius 1 is 0.978 bits per heavy atom. The highest BCUT2D eigenvalue weighted by atomic mass is 16.2. The summed E-state index contributed by atoms with van der Waals surface area (Å²) in [5.74, 6) is 2.32. The highest BCUT2D eigenvalue weighted by Gasteiger charge is 2.24. The van der Waals surface area contributed by atoms with E-state index in [-0.39, 0.29) is 5.91 Å². The van der Waals surface area contributed by atoms with Crippen molar-refractivity contribution in [1.82, 2.24) is 9.80 Å². The van der Waals surface area contributed by atoms with Gasteiger partial charge in [0.05, 0.1) is 6.34 Å². The average molecular weight is 643 g/mol. The molecule has 1 aliphatic rings. The maximum atomic E-state index is 13.2. The molecular weight excluding hydrogens is 568 g/mol. The first-order valence-electron chi connectivity index (χ1n) is 18.4. The van der Waals surface area contributed by atoms with Crippen LogP contribution in [-0.4, -0.2) is 60.0 Å². The molecule has 6 nitrogen and oxygen atoms in total. The Balaban J connectivity index is 0. The van der Waals surface area contributed by atoms with Gasteiger partial charge in [-0.1, -0.05) is 95.1 Å². The summed E-state index contributed by atoms with van der Waals surface area (Å²) in [6.45, 7) is 31.5. The molecule has 0 radical (unpaired) electrons. The molecule has 1 amide bonds. The van der Waals surface area contributed by atoms with E-state index >= 15 is 0 Å². The van der Waals surface area contributed by atoms with Crippen molar-refractivity contribution in [3.8, 4) is 0 Å². The number of allylic oxidation sites excluding steroid dienone is 1. The Hall–Kier alpha value is -2.63. The van der Waals surface area contributed by atoms with Crippen molar-refractivity contribution in [3.63, 3.8) is 0 Å². The highest BCUT2D eigenvalue weighted by molar-refractivity contribution is 5.95. The number of aldehydes is 1. The van der Waals surface area contributed by atoms with Crippen molar-refractivity contribution in [1.29, 1.82) is 0 Å². The quantitative estimate of drug-likeness (QED) is 0.124. The van der Waals surface area contributed by atoms with E-state index in [2.05, 4.69) is 94.5 Å². The second-order valence-electron chi connectivity index (χ2n) is 13.4. The van der Waals surface area contributed by atoms with Crippen LogP contribution in [0.3, 0.4) is 0 Å². The lowest BCUT2D eigenvalue weighted by Crippen LogP contribution is -2.38. The Bertz CT molecular complexity index is 987. The molecule has 1 atom stereocenters. The Kier molecular flexibility index (Phi) is 26.1. The zero-order valence-electron chi connectivity index (χ0n) is 32.4. The molecule has 2 rings (SSSR count). The van der Waals surface area contributed by atoms with Crippen LogP contribution in [0.5, 0.6) is 0 Å². The molecule has 1 saturated heterocycles. The van der Waals surface area contributed by atoms with E-state index < -0.39 is 5.54 Å². The summed E-state index contributed by atoms with van der Waals surface area (Å²) in [4.78, 5) is 32.2. The first kappa shape index (κ1) is 45.5. The maximum Gasteiger partial charge on any atom is 0.253 e. The van der Waals surface area contributed by atoms with Crippen molar-refractivity contribution in [2.45, 2.75) is 147 Å². The van der Waals surface area contributed by atoms with E-state index in [4.69, 9.17) is 5.73 Å². The minimum atomic E-state index is -0.622. The van der Waals surface area contributed by atoms with Crippen molar-refractivity contribution in [2.75, 3.05) is 26.2 Å². The fourth-order valence-electron chi connectivity index (χ4n) is 5.42. The second-order valence-corrected chi connectivity index (χ2v) is 13.4. The number of hydrogen-bond acceptors (Lipinski definition) is 4. The predicted octanol–water partition coefficient (Wildman–Crippen LogP) is 10.2. The molecule has 46 heavy (non-hydrogen) atoms. The molecule has 0 spiro atoms. The first-order chi connectivity index (χ1) is 21.8. The lowest BCUT2D eigenvalue weighted by molar-refractivity contribution is -0.112. The van der Waals surface area contributed by atoms with Gasteiger partial charge in [-0.05, 0) is 99.5 Å². The number of aliphatic imine (C=N–C) groups is 1. The molecular formula is C40H74N4O2. The summed E-state index contributed by atoms with van der Waals surface area (Å²) < 4.78 is 0. The molecule has 1 heterocycles. The van der Waals surface area contributed by atoms with Crippen LogP contribution in [0, 0.1) is 24.7 Å². The molecule has 0 aliphatic carbocycles. The number of carbonyl (C=O) groups excluding carboxylic acids is 2. The van der Waals surface area contributed by atoms with Gasteiger partial charge in [0.2, 0.25) is 0 Å². The molecule has 1 unspecified atom stereocenters. The molecule has 1 fully saturated rings. The van der Waals surface area contributed by atoms with Gasteiger partial charge in [0.25, 0.3) is 5.91 Å². The van der Waals surface area contributed by atoms with Crippen LogP contribution < -0.4 is 5.73 Å². The topological polar surface area (TPSA) is 79.0 Å². The van der Waals surface area contributed by atoms with Crippen LogP contribution in [0.1, 0.15) is 156 Å². The third kappa shape index (κ3) is 18.5. The second kappa shape index (κ2) is 26.4. The van der Waals surface area contributed by atoms with Crippen molar-refractivity contribution >= 4 is 24.2 Å². The summed E-state index contributed by atoms with van der Waals surface area (Å²) in [5, 5.41) is 0. The molecule has 266 valence electrons. The SMILES string of the molecule is CC.CC(C)CC(C)(C=O)N=CN.CC/C=C(/c1cc(C)cc(C(=O)N2CCC(CC)CC2)c1)N(CCC)CCC.CCC(C)C. The van der Waals surface area contributed by atoms with Crippen LogP contribution in [0.25, 0.3) is 5.70 Å². The van der Waals surface area contributed by atoms with Crippen LogP contribution in [0.2, 0.25) is 0 Å². The number of rotatable bonds is 14. The molecule has 1 aromatic rings.